The first-order valence-electron chi connectivity index (χ1n) is 12.2. The van der Waals surface area contributed by atoms with Crippen LogP contribution in [0.15, 0.2) is 72.6 Å². The summed E-state index contributed by atoms with van der Waals surface area (Å²) in [5.41, 5.74) is 2.64. The summed E-state index contributed by atoms with van der Waals surface area (Å²) in [4.78, 5) is 32.2. The van der Waals surface area contributed by atoms with Crippen molar-refractivity contribution in [2.75, 3.05) is 13.7 Å². The maximum Gasteiger partial charge on any atom is 0.295 e. The summed E-state index contributed by atoms with van der Waals surface area (Å²) in [5.74, 6) is -0.239. The minimum Gasteiger partial charge on any atom is -0.507 e. The molecule has 37 heavy (non-hydrogen) atoms. The third-order valence-electron chi connectivity index (χ3n) is 6.43. The van der Waals surface area contributed by atoms with Gasteiger partial charge < -0.3 is 19.5 Å². The molecule has 1 N–H and O–H groups in total. The first kappa shape index (κ1) is 25.9. The monoisotopic (exact) mass is 500 g/mol. The Balaban J connectivity index is 1.88. The summed E-state index contributed by atoms with van der Waals surface area (Å²) < 4.78 is 11.1. The van der Waals surface area contributed by atoms with Crippen molar-refractivity contribution in [1.82, 2.24) is 9.88 Å². The van der Waals surface area contributed by atoms with E-state index in [9.17, 15) is 14.7 Å². The van der Waals surface area contributed by atoms with E-state index in [2.05, 4.69) is 25.8 Å². The van der Waals surface area contributed by atoms with Crippen molar-refractivity contribution >= 4 is 17.4 Å². The first-order valence-corrected chi connectivity index (χ1v) is 12.2. The third-order valence-corrected chi connectivity index (χ3v) is 6.43. The Morgan fingerprint density at radius 2 is 1.70 bits per heavy atom. The number of nitrogens with zero attached hydrogens (tertiary/aromatic N) is 2. The molecule has 0 bridgehead atoms. The number of likely N-dealkylation sites (tertiary alicyclic amines) is 1. The highest BCUT2D eigenvalue weighted by molar-refractivity contribution is 6.46. The molecule has 0 radical (unpaired) electrons. The fourth-order valence-corrected chi connectivity index (χ4v) is 4.56. The van der Waals surface area contributed by atoms with Crippen LogP contribution in [0.4, 0.5) is 0 Å². The van der Waals surface area contributed by atoms with Gasteiger partial charge >= 0.3 is 0 Å². The number of aromatic nitrogens is 1. The van der Waals surface area contributed by atoms with E-state index in [1.54, 1.807) is 68.0 Å². The molecule has 0 spiro atoms. The number of ketones is 1. The smallest absolute Gasteiger partial charge is 0.295 e. The Labute approximate surface area is 217 Å². The number of Topliss-reactive ketones (excluding diaryl/α,β-unsaturated/α-hetero) is 1. The van der Waals surface area contributed by atoms with Gasteiger partial charge in [-0.1, -0.05) is 32.9 Å². The molecule has 0 saturated carbocycles. The standard InChI is InChI=1S/C30H32N2O5/c1-6-37-24-12-9-21(17-23(24)30(2,3)4)27(33)25-26(20-7-10-22(36-5)11-8-20)32(29(35)28(25)34)18-19-13-15-31-16-14-19/h7-17,26,33H,6,18H2,1-5H3/b27-25-. The zero-order chi connectivity index (χ0) is 26.7. The van der Waals surface area contributed by atoms with Crippen LogP contribution < -0.4 is 9.47 Å². The molecule has 1 unspecified atom stereocenters. The Hall–Kier alpha value is -4.13. The highest BCUT2D eigenvalue weighted by atomic mass is 16.5. The molecule has 1 fully saturated rings. The Bertz CT molecular complexity index is 1320. The van der Waals surface area contributed by atoms with Crippen LogP contribution in [0.3, 0.4) is 0 Å². The number of carbonyl (C=O) groups excluding carboxylic acids is 2. The predicted molar refractivity (Wildman–Crippen MR) is 141 cm³/mol. The SMILES string of the molecule is CCOc1ccc(/C(O)=C2/C(=O)C(=O)N(Cc3ccncc3)C2c2ccc(OC)cc2)cc1C(C)(C)C. The number of ether oxygens (including phenoxy) is 2. The zero-order valence-electron chi connectivity index (χ0n) is 21.8. The third kappa shape index (κ3) is 5.21. The average molecular weight is 501 g/mol. The number of aliphatic hydroxyl groups is 1. The van der Waals surface area contributed by atoms with Crippen molar-refractivity contribution in [2.45, 2.75) is 45.7 Å². The van der Waals surface area contributed by atoms with E-state index in [4.69, 9.17) is 9.47 Å². The number of benzene rings is 2. The van der Waals surface area contributed by atoms with Crippen molar-refractivity contribution in [3.05, 3.63) is 94.8 Å². The second-order valence-electron chi connectivity index (χ2n) is 9.95. The molecule has 1 aliphatic heterocycles. The van der Waals surface area contributed by atoms with Gasteiger partial charge in [0.05, 0.1) is 25.3 Å². The van der Waals surface area contributed by atoms with Gasteiger partial charge in [-0.15, -0.1) is 0 Å². The highest BCUT2D eigenvalue weighted by Crippen LogP contribution is 2.42. The fraction of sp³-hybridized carbons (Fsp3) is 0.300. The van der Waals surface area contributed by atoms with E-state index in [-0.39, 0.29) is 23.3 Å². The van der Waals surface area contributed by atoms with Crippen LogP contribution >= 0.6 is 0 Å². The maximum absolute atomic E-state index is 13.4. The molecule has 2 heterocycles. The van der Waals surface area contributed by atoms with E-state index in [0.29, 0.717) is 23.5 Å². The zero-order valence-corrected chi connectivity index (χ0v) is 21.8. The number of amides is 1. The van der Waals surface area contributed by atoms with Crippen molar-refractivity contribution in [3.8, 4) is 11.5 Å². The quantitative estimate of drug-likeness (QED) is 0.265. The van der Waals surface area contributed by atoms with Crippen LogP contribution in [-0.2, 0) is 21.5 Å². The van der Waals surface area contributed by atoms with Gasteiger partial charge in [-0.3, -0.25) is 14.6 Å². The van der Waals surface area contributed by atoms with E-state index >= 15 is 0 Å². The van der Waals surface area contributed by atoms with E-state index < -0.39 is 17.7 Å². The summed E-state index contributed by atoms with van der Waals surface area (Å²) in [6.45, 7) is 8.78. The molecule has 4 rings (SSSR count). The largest absolute Gasteiger partial charge is 0.507 e. The number of pyridine rings is 1. The topological polar surface area (TPSA) is 89.0 Å². The van der Waals surface area contributed by atoms with Gasteiger partial charge in [-0.25, -0.2) is 0 Å². The van der Waals surface area contributed by atoms with Crippen LogP contribution in [0.25, 0.3) is 5.76 Å². The summed E-state index contributed by atoms with van der Waals surface area (Å²) in [6, 6.07) is 15.3. The Morgan fingerprint density at radius 1 is 1.03 bits per heavy atom. The van der Waals surface area contributed by atoms with Gasteiger partial charge in [0.25, 0.3) is 11.7 Å². The molecule has 1 saturated heterocycles. The van der Waals surface area contributed by atoms with E-state index in [0.717, 1.165) is 16.9 Å². The lowest BCUT2D eigenvalue weighted by Gasteiger charge is -2.26. The van der Waals surface area contributed by atoms with Gasteiger partial charge in [-0.05, 0) is 65.9 Å². The van der Waals surface area contributed by atoms with E-state index in [1.165, 1.54) is 4.90 Å². The molecular weight excluding hydrogens is 468 g/mol. The summed E-state index contributed by atoms with van der Waals surface area (Å²) >= 11 is 0. The van der Waals surface area contributed by atoms with Crippen LogP contribution in [0.5, 0.6) is 11.5 Å². The normalized spacial score (nSPS) is 17.2. The number of hydrogen-bond acceptors (Lipinski definition) is 6. The lowest BCUT2D eigenvalue weighted by molar-refractivity contribution is -0.140. The molecule has 0 aliphatic carbocycles. The number of rotatable bonds is 7. The van der Waals surface area contributed by atoms with Crippen molar-refractivity contribution in [3.63, 3.8) is 0 Å². The maximum atomic E-state index is 13.4. The molecular formula is C30H32N2O5. The van der Waals surface area contributed by atoms with Gasteiger partial charge in [0.2, 0.25) is 0 Å². The average Bonchev–Trinajstić information content (AvgIpc) is 3.13. The lowest BCUT2D eigenvalue weighted by Crippen LogP contribution is -2.29. The van der Waals surface area contributed by atoms with Crippen LogP contribution in [0.1, 0.15) is 56.0 Å². The van der Waals surface area contributed by atoms with Crippen molar-refractivity contribution < 1.29 is 24.2 Å². The predicted octanol–water partition coefficient (Wildman–Crippen LogP) is 5.41. The molecule has 1 aliphatic rings. The second kappa shape index (κ2) is 10.5. The minimum absolute atomic E-state index is 0.0493. The first-order chi connectivity index (χ1) is 17.7. The van der Waals surface area contributed by atoms with Gasteiger partial charge in [0, 0.05) is 30.1 Å². The molecule has 7 nitrogen and oxygen atoms in total. The number of aliphatic hydroxyl groups excluding tert-OH is 1. The molecule has 7 heteroatoms. The van der Waals surface area contributed by atoms with E-state index in [1.807, 2.05) is 13.0 Å². The van der Waals surface area contributed by atoms with Crippen LogP contribution in [0, 0.1) is 0 Å². The van der Waals surface area contributed by atoms with Crippen molar-refractivity contribution in [1.29, 1.82) is 0 Å². The number of methoxy groups -OCH3 is 1. The molecule has 192 valence electrons. The highest BCUT2D eigenvalue weighted by Gasteiger charge is 2.46. The summed E-state index contributed by atoms with van der Waals surface area (Å²) in [6.07, 6.45) is 3.28. The molecule has 1 atom stereocenters. The lowest BCUT2D eigenvalue weighted by atomic mass is 9.84. The van der Waals surface area contributed by atoms with Crippen LogP contribution in [-0.4, -0.2) is 40.4 Å². The number of carbonyl (C=O) groups is 2. The Morgan fingerprint density at radius 3 is 2.30 bits per heavy atom. The Kier molecular flexibility index (Phi) is 7.34. The number of hydrogen-bond donors (Lipinski definition) is 1. The van der Waals surface area contributed by atoms with Gasteiger partial charge in [0.1, 0.15) is 17.3 Å². The summed E-state index contributed by atoms with van der Waals surface area (Å²) in [5, 5.41) is 11.5. The second-order valence-corrected chi connectivity index (χ2v) is 9.95. The minimum atomic E-state index is -0.774. The molecule has 2 aromatic carbocycles. The fourth-order valence-electron chi connectivity index (χ4n) is 4.56. The van der Waals surface area contributed by atoms with Crippen molar-refractivity contribution in [2.24, 2.45) is 0 Å². The van der Waals surface area contributed by atoms with Gasteiger partial charge in [-0.2, -0.15) is 0 Å². The molecule has 1 aromatic heterocycles. The van der Waals surface area contributed by atoms with Gasteiger partial charge in [0.15, 0.2) is 0 Å². The molecule has 3 aromatic rings. The summed E-state index contributed by atoms with van der Waals surface area (Å²) in [7, 11) is 1.57. The molecule has 1 amide bonds. The van der Waals surface area contributed by atoms with Crippen LogP contribution in [0.2, 0.25) is 0 Å².